The summed E-state index contributed by atoms with van der Waals surface area (Å²) in [7, 11) is 0. The summed E-state index contributed by atoms with van der Waals surface area (Å²) in [6, 6.07) is 3.82. The summed E-state index contributed by atoms with van der Waals surface area (Å²) < 4.78 is 0. The normalized spacial score (nSPS) is 19.1. The molecule has 17 heavy (non-hydrogen) atoms. The first kappa shape index (κ1) is 11.9. The minimum absolute atomic E-state index is 0.0236. The average Bonchev–Trinajstić information content (AvgIpc) is 2.28. The van der Waals surface area contributed by atoms with Crippen LogP contribution in [-0.2, 0) is 0 Å². The predicted octanol–water partition coefficient (Wildman–Crippen LogP) is 1.99. The first-order valence-electron chi connectivity index (χ1n) is 6.03. The van der Waals surface area contributed by atoms with E-state index in [0.717, 1.165) is 18.8 Å². The fraction of sp³-hybridized carbons (Fsp3) is 0.538. The quantitative estimate of drug-likeness (QED) is 0.605. The molecule has 0 spiro atoms. The van der Waals surface area contributed by atoms with E-state index < -0.39 is 0 Å². The molecular formula is C13H20N4. The second kappa shape index (κ2) is 4.35. The number of pyridine rings is 1. The third kappa shape index (κ3) is 2.75. The number of nitrogen functional groups attached to an aromatic ring is 1. The molecule has 4 heteroatoms. The van der Waals surface area contributed by atoms with Gasteiger partial charge in [0.25, 0.3) is 0 Å². The molecule has 1 aromatic rings. The van der Waals surface area contributed by atoms with Crippen LogP contribution >= 0.6 is 0 Å². The van der Waals surface area contributed by atoms with Crippen LogP contribution in [0.4, 0.5) is 5.69 Å². The highest BCUT2D eigenvalue weighted by Gasteiger charge is 2.26. The Morgan fingerprint density at radius 3 is 2.76 bits per heavy atom. The Labute approximate surface area is 102 Å². The van der Waals surface area contributed by atoms with Gasteiger partial charge < -0.3 is 10.6 Å². The first-order valence-corrected chi connectivity index (χ1v) is 6.03. The van der Waals surface area contributed by atoms with E-state index >= 15 is 0 Å². The van der Waals surface area contributed by atoms with Crippen molar-refractivity contribution in [3.05, 3.63) is 24.0 Å². The Kier molecular flexibility index (Phi) is 3.05. The molecule has 4 nitrogen and oxygen atoms in total. The lowest BCUT2D eigenvalue weighted by Crippen LogP contribution is -2.40. The van der Waals surface area contributed by atoms with Gasteiger partial charge in [-0.15, -0.1) is 0 Å². The number of nitrogens with two attached hydrogens (primary N) is 1. The van der Waals surface area contributed by atoms with Crippen molar-refractivity contribution in [3.8, 4) is 0 Å². The third-order valence-corrected chi connectivity index (χ3v) is 3.29. The van der Waals surface area contributed by atoms with Crippen molar-refractivity contribution in [2.45, 2.75) is 26.7 Å². The number of nitrogens with zero attached hydrogens (tertiary/aromatic N) is 2. The van der Waals surface area contributed by atoms with Crippen LogP contribution in [0.15, 0.2) is 18.3 Å². The summed E-state index contributed by atoms with van der Waals surface area (Å²) in [5.41, 5.74) is 7.44. The molecule has 0 amide bonds. The SMILES string of the molecule is CC1(C)CCCN(c2ccc(C(=N)N)nc2)C1. The zero-order valence-electron chi connectivity index (χ0n) is 10.5. The number of nitrogens with one attached hydrogen (secondary N) is 1. The zero-order chi connectivity index (χ0) is 12.5. The summed E-state index contributed by atoms with van der Waals surface area (Å²) in [4.78, 5) is 6.57. The molecule has 1 aliphatic heterocycles. The molecule has 0 radical (unpaired) electrons. The zero-order valence-corrected chi connectivity index (χ0v) is 10.5. The minimum atomic E-state index is 0.0236. The van der Waals surface area contributed by atoms with E-state index in [1.54, 1.807) is 0 Å². The molecule has 1 saturated heterocycles. The summed E-state index contributed by atoms with van der Waals surface area (Å²) >= 11 is 0. The van der Waals surface area contributed by atoms with E-state index in [9.17, 15) is 0 Å². The summed E-state index contributed by atoms with van der Waals surface area (Å²) in [5.74, 6) is 0.0236. The number of hydrogen-bond donors (Lipinski definition) is 2. The Hall–Kier alpha value is -1.58. The molecule has 0 saturated carbocycles. The molecule has 0 aliphatic carbocycles. The lowest BCUT2D eigenvalue weighted by atomic mass is 9.84. The van der Waals surface area contributed by atoms with Gasteiger partial charge in [-0.3, -0.25) is 10.4 Å². The van der Waals surface area contributed by atoms with Crippen LogP contribution in [0, 0.1) is 10.8 Å². The van der Waals surface area contributed by atoms with Crippen molar-refractivity contribution in [1.29, 1.82) is 5.41 Å². The minimum Gasteiger partial charge on any atom is -0.382 e. The molecule has 2 heterocycles. The van der Waals surface area contributed by atoms with Crippen LogP contribution in [0.5, 0.6) is 0 Å². The fourth-order valence-corrected chi connectivity index (χ4v) is 2.38. The average molecular weight is 232 g/mol. The van der Waals surface area contributed by atoms with E-state index in [-0.39, 0.29) is 5.84 Å². The lowest BCUT2D eigenvalue weighted by Gasteiger charge is -2.39. The van der Waals surface area contributed by atoms with Crippen LogP contribution < -0.4 is 10.6 Å². The summed E-state index contributed by atoms with van der Waals surface area (Å²) in [6.07, 6.45) is 4.32. The number of piperidine rings is 1. The highest BCUT2D eigenvalue weighted by atomic mass is 15.1. The van der Waals surface area contributed by atoms with Crippen molar-refractivity contribution in [2.24, 2.45) is 11.1 Å². The summed E-state index contributed by atoms with van der Waals surface area (Å²) in [5, 5.41) is 7.32. The highest BCUT2D eigenvalue weighted by molar-refractivity contribution is 5.93. The van der Waals surface area contributed by atoms with Gasteiger partial charge >= 0.3 is 0 Å². The van der Waals surface area contributed by atoms with Gasteiger partial charge in [0.1, 0.15) is 11.5 Å². The van der Waals surface area contributed by atoms with E-state index in [0.29, 0.717) is 11.1 Å². The van der Waals surface area contributed by atoms with Crippen LogP contribution in [0.25, 0.3) is 0 Å². The van der Waals surface area contributed by atoms with Gasteiger partial charge in [-0.25, -0.2) is 0 Å². The maximum atomic E-state index is 7.32. The second-order valence-electron chi connectivity index (χ2n) is 5.50. The van der Waals surface area contributed by atoms with Gasteiger partial charge in [0.2, 0.25) is 0 Å². The largest absolute Gasteiger partial charge is 0.382 e. The van der Waals surface area contributed by atoms with Crippen molar-refractivity contribution in [2.75, 3.05) is 18.0 Å². The Morgan fingerprint density at radius 1 is 1.47 bits per heavy atom. The lowest BCUT2D eigenvalue weighted by molar-refractivity contribution is 0.293. The molecule has 2 rings (SSSR count). The van der Waals surface area contributed by atoms with Crippen LogP contribution in [0.3, 0.4) is 0 Å². The van der Waals surface area contributed by atoms with E-state index in [1.165, 1.54) is 12.8 Å². The first-order chi connectivity index (χ1) is 7.98. The molecule has 1 aromatic heterocycles. The fourth-order valence-electron chi connectivity index (χ4n) is 2.38. The number of rotatable bonds is 2. The van der Waals surface area contributed by atoms with Crippen LogP contribution in [-0.4, -0.2) is 23.9 Å². The van der Waals surface area contributed by atoms with Gasteiger partial charge in [-0.05, 0) is 30.4 Å². The van der Waals surface area contributed by atoms with Gasteiger partial charge in [-0.1, -0.05) is 13.8 Å². The Morgan fingerprint density at radius 2 is 2.24 bits per heavy atom. The van der Waals surface area contributed by atoms with Crippen molar-refractivity contribution < 1.29 is 0 Å². The van der Waals surface area contributed by atoms with Gasteiger partial charge in [0.15, 0.2) is 0 Å². The monoisotopic (exact) mass is 232 g/mol. The number of aromatic nitrogens is 1. The van der Waals surface area contributed by atoms with Crippen LogP contribution in [0.1, 0.15) is 32.4 Å². The molecule has 1 aliphatic rings. The maximum Gasteiger partial charge on any atom is 0.141 e. The third-order valence-electron chi connectivity index (χ3n) is 3.29. The topological polar surface area (TPSA) is 66.0 Å². The molecule has 0 bridgehead atoms. The molecular weight excluding hydrogens is 212 g/mol. The second-order valence-corrected chi connectivity index (χ2v) is 5.50. The molecule has 92 valence electrons. The van der Waals surface area contributed by atoms with Gasteiger partial charge in [-0.2, -0.15) is 0 Å². The maximum absolute atomic E-state index is 7.32. The van der Waals surface area contributed by atoms with E-state index in [4.69, 9.17) is 11.1 Å². The number of hydrogen-bond acceptors (Lipinski definition) is 3. The van der Waals surface area contributed by atoms with E-state index in [1.807, 2.05) is 18.3 Å². The molecule has 1 fully saturated rings. The molecule has 0 atom stereocenters. The molecule has 0 unspecified atom stereocenters. The highest BCUT2D eigenvalue weighted by Crippen LogP contribution is 2.31. The predicted molar refractivity (Wildman–Crippen MR) is 70.5 cm³/mol. The Balaban J connectivity index is 2.14. The smallest absolute Gasteiger partial charge is 0.141 e. The molecule has 3 N–H and O–H groups in total. The summed E-state index contributed by atoms with van der Waals surface area (Å²) in [6.45, 7) is 6.76. The Bertz CT molecular complexity index is 408. The number of amidine groups is 1. The van der Waals surface area contributed by atoms with Crippen molar-refractivity contribution >= 4 is 11.5 Å². The van der Waals surface area contributed by atoms with Gasteiger partial charge in [0, 0.05) is 13.1 Å². The van der Waals surface area contributed by atoms with E-state index in [2.05, 4.69) is 23.7 Å². The van der Waals surface area contributed by atoms with Crippen molar-refractivity contribution in [1.82, 2.24) is 4.98 Å². The van der Waals surface area contributed by atoms with Crippen LogP contribution in [0.2, 0.25) is 0 Å². The van der Waals surface area contributed by atoms with Crippen molar-refractivity contribution in [3.63, 3.8) is 0 Å². The number of anilines is 1. The molecule has 0 aromatic carbocycles. The van der Waals surface area contributed by atoms with Gasteiger partial charge in [0.05, 0.1) is 11.9 Å². The standard InChI is InChI=1S/C13H20N4/c1-13(2)6-3-7-17(9-13)10-4-5-11(12(14)15)16-8-10/h4-5,8H,3,6-7,9H2,1-2H3,(H3,14,15).